The summed E-state index contributed by atoms with van der Waals surface area (Å²) in [4.78, 5) is 0. The van der Waals surface area contributed by atoms with Crippen molar-refractivity contribution in [2.24, 2.45) is 0 Å². The van der Waals surface area contributed by atoms with E-state index in [1.54, 1.807) is 6.26 Å². The average molecular weight is 387 g/mol. The Bertz CT molecular complexity index is 282. The van der Waals surface area contributed by atoms with Crippen LogP contribution in [0.5, 0.6) is 0 Å². The molecule has 0 unspecified atom stereocenters. The van der Waals surface area contributed by atoms with Crippen molar-refractivity contribution in [2.45, 2.75) is 111 Å². The van der Waals surface area contributed by atoms with E-state index in [0.717, 1.165) is 64.8 Å². The highest BCUT2D eigenvalue weighted by Crippen LogP contribution is 2.11. The predicted octanol–water partition coefficient (Wildman–Crippen LogP) is 6.98. The standard InChI is InChI=1S/C23H46O4/c1-4-7-13-18-24-22-25-19-16-11-10-12-17-23(26-20-14-8-5-2)27-21-15-9-6-3/h16,19,23H,4-15,17-18,20-22H2,1-3H3. The van der Waals surface area contributed by atoms with Crippen molar-refractivity contribution in [1.82, 2.24) is 0 Å². The van der Waals surface area contributed by atoms with Crippen molar-refractivity contribution in [1.29, 1.82) is 0 Å². The Kier molecular flexibility index (Phi) is 23.0. The zero-order valence-electron chi connectivity index (χ0n) is 18.4. The van der Waals surface area contributed by atoms with Crippen LogP contribution < -0.4 is 0 Å². The molecule has 162 valence electrons. The van der Waals surface area contributed by atoms with Gasteiger partial charge in [0.25, 0.3) is 0 Å². The van der Waals surface area contributed by atoms with Gasteiger partial charge in [-0.05, 0) is 51.0 Å². The van der Waals surface area contributed by atoms with E-state index in [1.807, 2.05) is 0 Å². The SMILES string of the molecule is CCCCCOCOC=CCCCCC(OCCCCC)OCCCCC. The van der Waals surface area contributed by atoms with Crippen molar-refractivity contribution in [3.8, 4) is 0 Å². The molecule has 0 radical (unpaired) electrons. The molecule has 0 spiro atoms. The minimum absolute atomic E-state index is 0.0320. The first kappa shape index (κ1) is 26.4. The third-order valence-electron chi connectivity index (χ3n) is 4.40. The fourth-order valence-electron chi connectivity index (χ4n) is 2.66. The molecular weight excluding hydrogens is 340 g/mol. The van der Waals surface area contributed by atoms with Crippen LogP contribution in [-0.4, -0.2) is 32.9 Å². The van der Waals surface area contributed by atoms with Gasteiger partial charge >= 0.3 is 0 Å². The van der Waals surface area contributed by atoms with Gasteiger partial charge in [0.15, 0.2) is 13.1 Å². The summed E-state index contributed by atoms with van der Waals surface area (Å²) in [7, 11) is 0. The number of rotatable bonds is 22. The lowest BCUT2D eigenvalue weighted by Gasteiger charge is -2.18. The average Bonchev–Trinajstić information content (AvgIpc) is 2.68. The summed E-state index contributed by atoms with van der Waals surface area (Å²) in [5.74, 6) is 0. The third-order valence-corrected chi connectivity index (χ3v) is 4.40. The molecule has 0 saturated carbocycles. The minimum Gasteiger partial charge on any atom is -0.475 e. The van der Waals surface area contributed by atoms with E-state index in [1.165, 1.54) is 38.5 Å². The number of hydrogen-bond donors (Lipinski definition) is 0. The summed E-state index contributed by atoms with van der Waals surface area (Å²) in [6, 6.07) is 0. The van der Waals surface area contributed by atoms with E-state index in [9.17, 15) is 0 Å². The molecule has 0 saturated heterocycles. The van der Waals surface area contributed by atoms with Gasteiger partial charge in [-0.1, -0.05) is 59.3 Å². The van der Waals surface area contributed by atoms with Gasteiger partial charge in [0, 0.05) is 13.2 Å². The van der Waals surface area contributed by atoms with E-state index in [0.29, 0.717) is 6.79 Å². The van der Waals surface area contributed by atoms with Crippen LogP contribution in [0, 0.1) is 0 Å². The van der Waals surface area contributed by atoms with Crippen LogP contribution in [-0.2, 0) is 18.9 Å². The van der Waals surface area contributed by atoms with Crippen LogP contribution in [0.15, 0.2) is 12.3 Å². The van der Waals surface area contributed by atoms with E-state index in [-0.39, 0.29) is 6.29 Å². The molecule has 0 bridgehead atoms. The molecule has 0 N–H and O–H groups in total. The van der Waals surface area contributed by atoms with Gasteiger partial charge in [-0.25, -0.2) is 0 Å². The van der Waals surface area contributed by atoms with E-state index < -0.39 is 0 Å². The van der Waals surface area contributed by atoms with Crippen LogP contribution in [0.4, 0.5) is 0 Å². The number of allylic oxidation sites excluding steroid dienone is 1. The third kappa shape index (κ3) is 21.6. The predicted molar refractivity (Wildman–Crippen MR) is 114 cm³/mol. The molecule has 0 aliphatic heterocycles. The lowest BCUT2D eigenvalue weighted by Crippen LogP contribution is -2.19. The Balaban J connectivity index is 3.66. The molecule has 0 heterocycles. The summed E-state index contributed by atoms with van der Waals surface area (Å²) in [5, 5.41) is 0. The molecule has 0 amide bonds. The molecule has 27 heavy (non-hydrogen) atoms. The van der Waals surface area contributed by atoms with Crippen LogP contribution in [0.2, 0.25) is 0 Å². The largest absolute Gasteiger partial charge is 0.475 e. The first-order valence-electron chi connectivity index (χ1n) is 11.4. The molecule has 0 fully saturated rings. The van der Waals surface area contributed by atoms with Crippen molar-refractivity contribution in [3.63, 3.8) is 0 Å². The maximum atomic E-state index is 5.94. The zero-order valence-corrected chi connectivity index (χ0v) is 18.4. The summed E-state index contributed by atoms with van der Waals surface area (Å²) < 4.78 is 22.6. The molecular formula is C23H46O4. The lowest BCUT2D eigenvalue weighted by atomic mass is 10.2. The van der Waals surface area contributed by atoms with Gasteiger partial charge in [0.1, 0.15) is 0 Å². The van der Waals surface area contributed by atoms with Crippen LogP contribution in [0.3, 0.4) is 0 Å². The zero-order chi connectivity index (χ0) is 19.8. The molecule has 4 nitrogen and oxygen atoms in total. The molecule has 0 aliphatic carbocycles. The second-order valence-electron chi connectivity index (χ2n) is 7.14. The maximum Gasteiger partial charge on any atom is 0.188 e. The second kappa shape index (κ2) is 23.5. The summed E-state index contributed by atoms with van der Waals surface area (Å²) in [6.07, 6.45) is 18.8. The van der Waals surface area contributed by atoms with E-state index >= 15 is 0 Å². The van der Waals surface area contributed by atoms with Gasteiger partial charge in [-0.2, -0.15) is 0 Å². The molecule has 0 aliphatic rings. The highest BCUT2D eigenvalue weighted by molar-refractivity contribution is 4.72. The fourth-order valence-corrected chi connectivity index (χ4v) is 2.66. The van der Waals surface area contributed by atoms with Gasteiger partial charge in [-0.15, -0.1) is 0 Å². The van der Waals surface area contributed by atoms with Crippen LogP contribution in [0.25, 0.3) is 0 Å². The number of hydrogen-bond acceptors (Lipinski definition) is 4. The molecule has 0 rings (SSSR count). The fraction of sp³-hybridized carbons (Fsp3) is 0.913. The van der Waals surface area contributed by atoms with Gasteiger partial charge < -0.3 is 18.9 Å². The Morgan fingerprint density at radius 1 is 0.667 bits per heavy atom. The number of unbranched alkanes of at least 4 members (excludes halogenated alkanes) is 8. The second-order valence-corrected chi connectivity index (χ2v) is 7.14. The van der Waals surface area contributed by atoms with Crippen molar-refractivity contribution in [2.75, 3.05) is 26.6 Å². The van der Waals surface area contributed by atoms with Gasteiger partial charge in [0.2, 0.25) is 0 Å². The van der Waals surface area contributed by atoms with E-state index in [4.69, 9.17) is 18.9 Å². The maximum absolute atomic E-state index is 5.94. The highest BCUT2D eigenvalue weighted by Gasteiger charge is 2.08. The summed E-state index contributed by atoms with van der Waals surface area (Å²) in [5.41, 5.74) is 0. The molecule has 0 aromatic heterocycles. The van der Waals surface area contributed by atoms with Crippen LogP contribution in [0.1, 0.15) is 104 Å². The lowest BCUT2D eigenvalue weighted by molar-refractivity contribution is -0.147. The molecule has 0 atom stereocenters. The Morgan fingerprint density at radius 3 is 1.85 bits per heavy atom. The van der Waals surface area contributed by atoms with Crippen molar-refractivity contribution < 1.29 is 18.9 Å². The number of ether oxygens (including phenoxy) is 4. The topological polar surface area (TPSA) is 36.9 Å². The summed E-state index contributed by atoms with van der Waals surface area (Å²) >= 11 is 0. The van der Waals surface area contributed by atoms with Crippen molar-refractivity contribution >= 4 is 0 Å². The quantitative estimate of drug-likeness (QED) is 0.114. The first-order valence-corrected chi connectivity index (χ1v) is 11.4. The Hall–Kier alpha value is -0.580. The monoisotopic (exact) mass is 386 g/mol. The van der Waals surface area contributed by atoms with Crippen molar-refractivity contribution in [3.05, 3.63) is 12.3 Å². The normalized spacial score (nSPS) is 11.7. The summed E-state index contributed by atoms with van der Waals surface area (Å²) in [6.45, 7) is 9.41. The van der Waals surface area contributed by atoms with Crippen LogP contribution >= 0.6 is 0 Å². The first-order chi connectivity index (χ1) is 13.3. The van der Waals surface area contributed by atoms with Gasteiger partial charge in [0.05, 0.1) is 12.9 Å². The van der Waals surface area contributed by atoms with E-state index in [2.05, 4.69) is 26.8 Å². The minimum atomic E-state index is -0.0320. The molecule has 0 aromatic rings. The smallest absolute Gasteiger partial charge is 0.188 e. The molecule has 0 aromatic carbocycles. The Morgan fingerprint density at radius 2 is 1.26 bits per heavy atom. The highest BCUT2D eigenvalue weighted by atomic mass is 16.7. The Labute approximate surface area is 169 Å². The van der Waals surface area contributed by atoms with Gasteiger partial charge in [-0.3, -0.25) is 0 Å². The molecule has 4 heteroatoms.